The summed E-state index contributed by atoms with van der Waals surface area (Å²) in [6.07, 6.45) is 3.58. The lowest BCUT2D eigenvalue weighted by molar-refractivity contribution is 0.104. The summed E-state index contributed by atoms with van der Waals surface area (Å²) in [6, 6.07) is 22.2. The summed E-state index contributed by atoms with van der Waals surface area (Å²) in [6.45, 7) is 1.94. The average molecular weight is 311 g/mol. The standard InChI is InChI=1S/C22H17NO/c1-15-22(19-11-4-5-12-20(19)23-15)21(24)14-13-17-9-6-8-16-7-2-3-10-18(16)17/h2-14,23H,1H3/b14-13+. The molecule has 2 nitrogen and oxygen atoms in total. The minimum atomic E-state index is 0.0258. The molecule has 0 unspecified atom stereocenters. The van der Waals surface area contributed by atoms with Crippen LogP contribution in [0, 0.1) is 6.92 Å². The van der Waals surface area contributed by atoms with E-state index in [1.54, 1.807) is 6.08 Å². The van der Waals surface area contributed by atoms with Crippen molar-refractivity contribution in [1.82, 2.24) is 4.98 Å². The van der Waals surface area contributed by atoms with Crippen LogP contribution in [0.3, 0.4) is 0 Å². The Hall–Kier alpha value is -3.13. The zero-order valence-electron chi connectivity index (χ0n) is 13.4. The number of carbonyl (C=O) groups is 1. The van der Waals surface area contributed by atoms with Crippen LogP contribution in [0.15, 0.2) is 72.8 Å². The van der Waals surface area contributed by atoms with Gasteiger partial charge in [-0.3, -0.25) is 4.79 Å². The first-order valence-corrected chi connectivity index (χ1v) is 8.01. The SMILES string of the molecule is Cc1[nH]c2ccccc2c1C(=O)/C=C/c1cccc2ccccc12. The van der Waals surface area contributed by atoms with E-state index >= 15 is 0 Å². The van der Waals surface area contributed by atoms with Crippen LogP contribution in [0.4, 0.5) is 0 Å². The highest BCUT2D eigenvalue weighted by atomic mass is 16.1. The maximum absolute atomic E-state index is 12.7. The Morgan fingerprint density at radius 3 is 2.46 bits per heavy atom. The van der Waals surface area contributed by atoms with Gasteiger partial charge < -0.3 is 4.98 Å². The molecule has 1 heterocycles. The normalized spacial score (nSPS) is 11.5. The predicted octanol–water partition coefficient (Wildman–Crippen LogP) is 5.53. The Bertz CT molecular complexity index is 1080. The number of nitrogens with one attached hydrogen (secondary N) is 1. The van der Waals surface area contributed by atoms with E-state index in [-0.39, 0.29) is 5.78 Å². The lowest BCUT2D eigenvalue weighted by Gasteiger charge is -2.02. The lowest BCUT2D eigenvalue weighted by Crippen LogP contribution is -1.95. The van der Waals surface area contributed by atoms with E-state index in [4.69, 9.17) is 0 Å². The molecule has 0 aliphatic heterocycles. The third-order valence-corrected chi connectivity index (χ3v) is 4.38. The highest BCUT2D eigenvalue weighted by Crippen LogP contribution is 2.24. The minimum Gasteiger partial charge on any atom is -0.358 e. The summed E-state index contributed by atoms with van der Waals surface area (Å²) < 4.78 is 0. The fraction of sp³-hybridized carbons (Fsp3) is 0.0455. The maximum atomic E-state index is 12.7. The third kappa shape index (κ3) is 2.42. The Morgan fingerprint density at radius 1 is 0.875 bits per heavy atom. The summed E-state index contributed by atoms with van der Waals surface area (Å²) in [4.78, 5) is 16.0. The zero-order chi connectivity index (χ0) is 16.5. The van der Waals surface area contributed by atoms with Gasteiger partial charge in [-0.25, -0.2) is 0 Å². The quantitative estimate of drug-likeness (QED) is 0.392. The molecule has 4 rings (SSSR count). The average Bonchev–Trinajstić information content (AvgIpc) is 2.95. The number of aryl methyl sites for hydroxylation is 1. The maximum Gasteiger partial charge on any atom is 0.188 e. The van der Waals surface area contributed by atoms with Gasteiger partial charge in [0.1, 0.15) is 0 Å². The smallest absolute Gasteiger partial charge is 0.188 e. The van der Waals surface area contributed by atoms with Crippen molar-refractivity contribution >= 4 is 33.5 Å². The number of allylic oxidation sites excluding steroid dienone is 1. The van der Waals surface area contributed by atoms with Gasteiger partial charge in [-0.1, -0.05) is 66.7 Å². The number of aromatic amines is 1. The Balaban J connectivity index is 1.75. The monoisotopic (exact) mass is 311 g/mol. The van der Waals surface area contributed by atoms with Gasteiger partial charge in [0.25, 0.3) is 0 Å². The molecule has 0 saturated carbocycles. The van der Waals surface area contributed by atoms with Gasteiger partial charge in [-0.15, -0.1) is 0 Å². The molecule has 0 saturated heterocycles. The summed E-state index contributed by atoms with van der Waals surface area (Å²) in [5.41, 5.74) is 3.71. The number of aromatic nitrogens is 1. The van der Waals surface area contributed by atoms with Crippen molar-refractivity contribution < 1.29 is 4.79 Å². The minimum absolute atomic E-state index is 0.0258. The van der Waals surface area contributed by atoms with Crippen molar-refractivity contribution in [2.24, 2.45) is 0 Å². The molecule has 0 bridgehead atoms. The van der Waals surface area contributed by atoms with Gasteiger partial charge in [0.05, 0.1) is 5.56 Å². The first-order chi connectivity index (χ1) is 11.7. The van der Waals surface area contributed by atoms with Crippen LogP contribution in [0.5, 0.6) is 0 Å². The number of fused-ring (bicyclic) bond motifs is 2. The molecule has 116 valence electrons. The van der Waals surface area contributed by atoms with Crippen LogP contribution < -0.4 is 0 Å². The van der Waals surface area contributed by atoms with Crippen LogP contribution in [0.1, 0.15) is 21.6 Å². The van der Waals surface area contributed by atoms with E-state index in [9.17, 15) is 4.79 Å². The molecule has 4 aromatic rings. The van der Waals surface area contributed by atoms with Crippen molar-refractivity contribution in [3.8, 4) is 0 Å². The molecule has 0 aliphatic carbocycles. The van der Waals surface area contributed by atoms with Gasteiger partial charge in [0, 0.05) is 16.6 Å². The molecule has 0 atom stereocenters. The number of rotatable bonds is 3. The number of para-hydroxylation sites is 1. The van der Waals surface area contributed by atoms with E-state index in [0.717, 1.165) is 33.1 Å². The van der Waals surface area contributed by atoms with Gasteiger partial charge >= 0.3 is 0 Å². The van der Waals surface area contributed by atoms with Crippen molar-refractivity contribution in [3.63, 3.8) is 0 Å². The Labute approximate surface area is 140 Å². The second-order valence-electron chi connectivity index (χ2n) is 5.94. The van der Waals surface area contributed by atoms with E-state index in [2.05, 4.69) is 23.2 Å². The van der Waals surface area contributed by atoms with Gasteiger partial charge in [-0.2, -0.15) is 0 Å². The van der Waals surface area contributed by atoms with Crippen LogP contribution in [-0.2, 0) is 0 Å². The molecule has 3 aromatic carbocycles. The molecular formula is C22H17NO. The molecule has 1 N–H and O–H groups in total. The van der Waals surface area contributed by atoms with Crippen molar-refractivity contribution in [1.29, 1.82) is 0 Å². The number of benzene rings is 3. The van der Waals surface area contributed by atoms with Crippen molar-refractivity contribution in [2.75, 3.05) is 0 Å². The molecule has 0 aliphatic rings. The van der Waals surface area contributed by atoms with Crippen LogP contribution in [0.25, 0.3) is 27.8 Å². The fourth-order valence-electron chi connectivity index (χ4n) is 3.24. The molecule has 2 heteroatoms. The predicted molar refractivity (Wildman–Crippen MR) is 100 cm³/mol. The second kappa shape index (κ2) is 5.82. The zero-order valence-corrected chi connectivity index (χ0v) is 13.4. The number of ketones is 1. The number of carbonyl (C=O) groups excluding carboxylic acids is 1. The first-order valence-electron chi connectivity index (χ1n) is 8.01. The third-order valence-electron chi connectivity index (χ3n) is 4.38. The van der Waals surface area contributed by atoms with Crippen LogP contribution in [0.2, 0.25) is 0 Å². The largest absolute Gasteiger partial charge is 0.358 e. The molecule has 24 heavy (non-hydrogen) atoms. The van der Waals surface area contributed by atoms with Crippen LogP contribution in [-0.4, -0.2) is 10.8 Å². The Kier molecular flexibility index (Phi) is 3.51. The molecule has 0 spiro atoms. The van der Waals surface area contributed by atoms with Gasteiger partial charge in [0.2, 0.25) is 0 Å². The second-order valence-corrected chi connectivity index (χ2v) is 5.94. The topological polar surface area (TPSA) is 32.9 Å². The highest BCUT2D eigenvalue weighted by Gasteiger charge is 2.13. The van der Waals surface area contributed by atoms with E-state index < -0.39 is 0 Å². The molecule has 0 radical (unpaired) electrons. The van der Waals surface area contributed by atoms with E-state index in [1.165, 1.54) is 5.39 Å². The molecule has 1 aromatic heterocycles. The lowest BCUT2D eigenvalue weighted by atomic mass is 10.0. The fourth-order valence-corrected chi connectivity index (χ4v) is 3.24. The van der Waals surface area contributed by atoms with E-state index in [1.807, 2.05) is 61.5 Å². The van der Waals surface area contributed by atoms with Crippen molar-refractivity contribution in [3.05, 3.63) is 89.6 Å². The highest BCUT2D eigenvalue weighted by molar-refractivity contribution is 6.16. The van der Waals surface area contributed by atoms with Crippen molar-refractivity contribution in [2.45, 2.75) is 6.92 Å². The molecular weight excluding hydrogens is 294 g/mol. The summed E-state index contributed by atoms with van der Waals surface area (Å²) in [5.74, 6) is 0.0258. The summed E-state index contributed by atoms with van der Waals surface area (Å²) in [7, 11) is 0. The Morgan fingerprint density at radius 2 is 1.58 bits per heavy atom. The number of hydrogen-bond donors (Lipinski definition) is 1. The van der Waals surface area contributed by atoms with Crippen LogP contribution >= 0.6 is 0 Å². The number of H-pyrrole nitrogens is 1. The van der Waals surface area contributed by atoms with E-state index in [0.29, 0.717) is 0 Å². The first kappa shape index (κ1) is 14.5. The molecule has 0 fully saturated rings. The van der Waals surface area contributed by atoms with Gasteiger partial charge in [-0.05, 0) is 35.4 Å². The number of hydrogen-bond acceptors (Lipinski definition) is 1. The van der Waals surface area contributed by atoms with Gasteiger partial charge in [0.15, 0.2) is 5.78 Å². The molecule has 0 amide bonds. The summed E-state index contributed by atoms with van der Waals surface area (Å²) >= 11 is 0. The summed E-state index contributed by atoms with van der Waals surface area (Å²) in [5, 5.41) is 3.30.